The number of hydrogen-bond acceptors (Lipinski definition) is 3. The van der Waals surface area contributed by atoms with Crippen molar-refractivity contribution >= 4 is 14.3 Å². The minimum Gasteiger partial charge on any atom is -0.466 e. The quantitative estimate of drug-likeness (QED) is 0.257. The summed E-state index contributed by atoms with van der Waals surface area (Å²) >= 11 is 0. The van der Waals surface area contributed by atoms with Crippen molar-refractivity contribution in [1.82, 2.24) is 0 Å². The van der Waals surface area contributed by atoms with E-state index >= 15 is 0 Å². The Balaban J connectivity index is 4.84. The predicted molar refractivity (Wildman–Crippen MR) is 106 cm³/mol. The van der Waals surface area contributed by atoms with Gasteiger partial charge in [0.1, 0.15) is 0 Å². The first-order valence-electron chi connectivity index (χ1n) is 8.57. The average molecular weight is 353 g/mol. The van der Waals surface area contributed by atoms with Gasteiger partial charge in [-0.05, 0) is 50.9 Å². The molecule has 0 aromatic heterocycles. The number of rotatable bonds is 7. The Kier molecular flexibility index (Phi) is 8.93. The Labute approximate surface area is 149 Å². The van der Waals surface area contributed by atoms with Gasteiger partial charge in [0, 0.05) is 12.2 Å². The van der Waals surface area contributed by atoms with Crippen LogP contribution in [-0.4, -0.2) is 28.0 Å². The maximum Gasteiger partial charge on any atom is 0.333 e. The molecule has 0 aliphatic heterocycles. The van der Waals surface area contributed by atoms with Gasteiger partial charge in [0.2, 0.25) is 0 Å². The molecule has 0 amide bonds. The SMILES string of the molecule is COC(=O)/C(C)=C/C(C)=C/C(C)=C\[C@@H](C)CO[Si](C)(C)C(C)(C)C. The summed E-state index contributed by atoms with van der Waals surface area (Å²) in [4.78, 5) is 11.4. The Bertz CT molecular complexity index is 519. The highest BCUT2D eigenvalue weighted by Crippen LogP contribution is 2.36. The number of allylic oxidation sites excluding steroid dienone is 4. The van der Waals surface area contributed by atoms with E-state index in [4.69, 9.17) is 9.16 Å². The van der Waals surface area contributed by atoms with Crippen LogP contribution >= 0.6 is 0 Å². The summed E-state index contributed by atoms with van der Waals surface area (Å²) in [7, 11) is -0.298. The molecule has 0 N–H and O–H groups in total. The molecule has 4 heteroatoms. The van der Waals surface area contributed by atoms with Gasteiger partial charge in [0.05, 0.1) is 7.11 Å². The first-order chi connectivity index (χ1) is 10.8. The zero-order valence-electron chi connectivity index (χ0n) is 17.2. The Morgan fingerprint density at radius 1 is 1.08 bits per heavy atom. The van der Waals surface area contributed by atoms with Crippen LogP contribution in [0.25, 0.3) is 0 Å². The number of hydrogen-bond donors (Lipinski definition) is 0. The molecule has 0 unspecified atom stereocenters. The lowest BCUT2D eigenvalue weighted by molar-refractivity contribution is -0.136. The average Bonchev–Trinajstić information content (AvgIpc) is 2.42. The van der Waals surface area contributed by atoms with Crippen molar-refractivity contribution in [3.63, 3.8) is 0 Å². The third-order valence-electron chi connectivity index (χ3n) is 4.47. The summed E-state index contributed by atoms with van der Waals surface area (Å²) in [6.07, 6.45) is 6.15. The number of carbonyl (C=O) groups is 1. The standard InChI is InChI=1S/C20H36O3Si/c1-15(11-16(2)13-18(4)19(21)22-8)12-17(3)14-23-24(9,10)20(5,6)7/h11-13,17H,14H2,1-10H3/b15-12-,16-11+,18-13+/t17-/m1/s1. The molecule has 0 fully saturated rings. The van der Waals surface area contributed by atoms with Crippen LogP contribution in [-0.2, 0) is 14.0 Å². The first-order valence-corrected chi connectivity index (χ1v) is 11.5. The molecular formula is C20H36O3Si. The van der Waals surface area contributed by atoms with Gasteiger partial charge in [-0.25, -0.2) is 4.79 Å². The first kappa shape index (κ1) is 22.9. The van der Waals surface area contributed by atoms with E-state index in [-0.39, 0.29) is 11.0 Å². The van der Waals surface area contributed by atoms with Crippen molar-refractivity contribution < 1.29 is 14.0 Å². The molecule has 24 heavy (non-hydrogen) atoms. The molecule has 138 valence electrons. The predicted octanol–water partition coefficient (Wildman–Crippen LogP) is 5.66. The van der Waals surface area contributed by atoms with Crippen LogP contribution in [0.15, 0.2) is 34.9 Å². The molecule has 0 aliphatic rings. The lowest BCUT2D eigenvalue weighted by Gasteiger charge is -2.36. The molecular weight excluding hydrogens is 316 g/mol. The molecule has 0 saturated carbocycles. The number of ether oxygens (including phenoxy) is 1. The van der Waals surface area contributed by atoms with Gasteiger partial charge in [-0.2, -0.15) is 0 Å². The van der Waals surface area contributed by atoms with Crippen LogP contribution in [0, 0.1) is 5.92 Å². The van der Waals surface area contributed by atoms with Gasteiger partial charge in [0.15, 0.2) is 8.32 Å². The topological polar surface area (TPSA) is 35.5 Å². The molecule has 0 saturated heterocycles. The van der Waals surface area contributed by atoms with Crippen LogP contribution < -0.4 is 0 Å². The second-order valence-corrected chi connectivity index (χ2v) is 13.0. The summed E-state index contributed by atoms with van der Waals surface area (Å²) in [5.74, 6) is 0.0642. The molecule has 0 heterocycles. The van der Waals surface area contributed by atoms with Gasteiger partial charge in [-0.3, -0.25) is 0 Å². The summed E-state index contributed by atoms with van der Waals surface area (Å²) in [5, 5.41) is 0.234. The maximum absolute atomic E-state index is 11.4. The van der Waals surface area contributed by atoms with Crippen molar-refractivity contribution in [2.75, 3.05) is 13.7 Å². The normalized spacial score (nSPS) is 16.2. The zero-order chi connectivity index (χ0) is 19.1. The fourth-order valence-corrected chi connectivity index (χ4v) is 3.18. The van der Waals surface area contributed by atoms with E-state index in [0.29, 0.717) is 11.5 Å². The van der Waals surface area contributed by atoms with Gasteiger partial charge in [-0.15, -0.1) is 0 Å². The van der Waals surface area contributed by atoms with E-state index in [1.165, 1.54) is 12.7 Å². The molecule has 0 aromatic carbocycles. The number of esters is 1. The van der Waals surface area contributed by atoms with Crippen molar-refractivity contribution in [2.45, 2.75) is 66.6 Å². The van der Waals surface area contributed by atoms with Crippen LogP contribution in [0.2, 0.25) is 18.1 Å². The zero-order valence-corrected chi connectivity index (χ0v) is 18.2. The Morgan fingerprint density at radius 3 is 2.08 bits per heavy atom. The molecule has 1 atom stereocenters. The minimum absolute atomic E-state index is 0.234. The van der Waals surface area contributed by atoms with Crippen LogP contribution in [0.3, 0.4) is 0 Å². The summed E-state index contributed by atoms with van der Waals surface area (Å²) in [6.45, 7) is 20.1. The van der Waals surface area contributed by atoms with Crippen molar-refractivity contribution in [3.05, 3.63) is 34.9 Å². The number of carbonyl (C=O) groups excluding carboxylic acids is 1. The second kappa shape index (κ2) is 9.38. The van der Waals surface area contributed by atoms with Crippen LogP contribution in [0.4, 0.5) is 0 Å². The van der Waals surface area contributed by atoms with E-state index in [2.05, 4.69) is 59.9 Å². The Morgan fingerprint density at radius 2 is 1.62 bits per heavy atom. The van der Waals surface area contributed by atoms with Gasteiger partial charge in [-0.1, -0.05) is 51.0 Å². The van der Waals surface area contributed by atoms with Crippen molar-refractivity contribution in [3.8, 4) is 0 Å². The van der Waals surface area contributed by atoms with E-state index in [9.17, 15) is 4.79 Å². The lowest BCUT2D eigenvalue weighted by Crippen LogP contribution is -2.41. The Hall–Kier alpha value is -1.13. The minimum atomic E-state index is -1.69. The monoisotopic (exact) mass is 352 g/mol. The van der Waals surface area contributed by atoms with E-state index in [0.717, 1.165) is 12.2 Å². The van der Waals surface area contributed by atoms with E-state index in [1.54, 1.807) is 6.92 Å². The van der Waals surface area contributed by atoms with Gasteiger partial charge in [0.25, 0.3) is 0 Å². The summed E-state index contributed by atoms with van der Waals surface area (Å²) in [6, 6.07) is 0. The molecule has 0 aromatic rings. The highest BCUT2D eigenvalue weighted by atomic mass is 28.4. The third kappa shape index (κ3) is 8.11. The smallest absolute Gasteiger partial charge is 0.333 e. The van der Waals surface area contributed by atoms with E-state index in [1.807, 2.05) is 13.0 Å². The molecule has 0 aliphatic carbocycles. The molecule has 0 bridgehead atoms. The van der Waals surface area contributed by atoms with Gasteiger partial charge < -0.3 is 9.16 Å². The maximum atomic E-state index is 11.4. The third-order valence-corrected chi connectivity index (χ3v) is 8.97. The molecule has 0 radical (unpaired) electrons. The fraction of sp³-hybridized carbons (Fsp3) is 0.650. The summed E-state index contributed by atoms with van der Waals surface area (Å²) in [5.41, 5.74) is 2.81. The highest BCUT2D eigenvalue weighted by molar-refractivity contribution is 6.74. The lowest BCUT2D eigenvalue weighted by atomic mass is 10.1. The van der Waals surface area contributed by atoms with Crippen molar-refractivity contribution in [1.29, 1.82) is 0 Å². The molecule has 0 rings (SSSR count). The number of methoxy groups -OCH3 is 1. The highest BCUT2D eigenvalue weighted by Gasteiger charge is 2.37. The van der Waals surface area contributed by atoms with Gasteiger partial charge >= 0.3 is 5.97 Å². The molecule has 3 nitrogen and oxygen atoms in total. The fourth-order valence-electron chi connectivity index (χ4n) is 2.06. The van der Waals surface area contributed by atoms with Crippen molar-refractivity contribution in [2.24, 2.45) is 5.92 Å². The van der Waals surface area contributed by atoms with E-state index < -0.39 is 8.32 Å². The van der Waals surface area contributed by atoms with Crippen LogP contribution in [0.5, 0.6) is 0 Å². The largest absolute Gasteiger partial charge is 0.466 e. The summed E-state index contributed by atoms with van der Waals surface area (Å²) < 4.78 is 11.0. The van der Waals surface area contributed by atoms with Crippen LogP contribution in [0.1, 0.15) is 48.5 Å². The second-order valence-electron chi connectivity index (χ2n) is 8.17. The molecule has 0 spiro atoms.